The number of benzene rings is 1. The number of allylic oxidation sites excluding steroid dienone is 5. The van der Waals surface area contributed by atoms with Gasteiger partial charge in [-0.2, -0.15) is 0 Å². The van der Waals surface area contributed by atoms with E-state index in [2.05, 4.69) is 13.0 Å². The first kappa shape index (κ1) is 23.9. The Morgan fingerprint density at radius 2 is 1.77 bits per heavy atom. The molecule has 0 radical (unpaired) electrons. The minimum Gasteiger partial charge on any atom is -0.497 e. The smallest absolute Gasteiger partial charge is 0.162 e. The molecule has 1 aliphatic rings. The molecule has 30 heavy (non-hydrogen) atoms. The molecule has 3 heteroatoms. The average molecular weight is 409 g/mol. The lowest BCUT2D eigenvalue weighted by molar-refractivity contribution is -0.108. The van der Waals surface area contributed by atoms with Crippen LogP contribution in [0.1, 0.15) is 81.5 Å². The number of ether oxygens (including phenoxy) is 1. The molecular weight excluding hydrogens is 372 g/mol. The van der Waals surface area contributed by atoms with Gasteiger partial charge in [0.05, 0.1) is 7.11 Å². The van der Waals surface area contributed by atoms with Gasteiger partial charge in [0.25, 0.3) is 0 Å². The molecule has 0 amide bonds. The fraction of sp³-hybridized carbons (Fsp3) is 0.481. The Kier molecular flexibility index (Phi) is 10.9. The Hall–Kier alpha value is -2.42. The SMILES string of the molecule is COC1=C(C(CC=O)CCCCCCCCC(=O)c2ccccc2)CC(C)=CC=C1. The van der Waals surface area contributed by atoms with Crippen LogP contribution >= 0.6 is 0 Å². The molecule has 0 saturated carbocycles. The van der Waals surface area contributed by atoms with Crippen molar-refractivity contribution in [3.63, 3.8) is 0 Å². The van der Waals surface area contributed by atoms with Crippen LogP contribution in [0.3, 0.4) is 0 Å². The third kappa shape index (κ3) is 8.14. The summed E-state index contributed by atoms with van der Waals surface area (Å²) in [5.41, 5.74) is 3.38. The van der Waals surface area contributed by atoms with Crippen molar-refractivity contribution in [2.45, 2.75) is 71.1 Å². The number of methoxy groups -OCH3 is 1. The summed E-state index contributed by atoms with van der Waals surface area (Å²) < 4.78 is 5.60. The molecule has 0 N–H and O–H groups in total. The topological polar surface area (TPSA) is 43.4 Å². The molecule has 1 aliphatic carbocycles. The zero-order valence-corrected chi connectivity index (χ0v) is 18.6. The van der Waals surface area contributed by atoms with E-state index in [0.29, 0.717) is 12.8 Å². The lowest BCUT2D eigenvalue weighted by Gasteiger charge is -2.21. The van der Waals surface area contributed by atoms with Crippen LogP contribution in [0.5, 0.6) is 0 Å². The Morgan fingerprint density at radius 3 is 2.47 bits per heavy atom. The third-order valence-corrected chi connectivity index (χ3v) is 5.81. The monoisotopic (exact) mass is 408 g/mol. The van der Waals surface area contributed by atoms with Gasteiger partial charge in [0, 0.05) is 18.4 Å². The Labute approximate surface area is 181 Å². The molecule has 1 aromatic rings. The molecule has 0 saturated heterocycles. The molecule has 1 atom stereocenters. The molecule has 0 heterocycles. The van der Waals surface area contributed by atoms with E-state index in [4.69, 9.17) is 4.74 Å². The van der Waals surface area contributed by atoms with Gasteiger partial charge in [0.2, 0.25) is 0 Å². The maximum atomic E-state index is 12.1. The largest absolute Gasteiger partial charge is 0.497 e. The standard InChI is InChI=1S/C27H36O3/c1-22-13-12-18-27(30-2)25(21-22)23(19-20-28)14-8-5-3-4-6-11-17-26(29)24-15-9-7-10-16-24/h7,9-10,12-13,15-16,18,20,23H,3-6,8,11,14,17,19,21H2,1-2H3. The zero-order chi connectivity index (χ0) is 21.6. The summed E-state index contributed by atoms with van der Waals surface area (Å²) in [5, 5.41) is 0. The van der Waals surface area contributed by atoms with Crippen LogP contribution in [-0.4, -0.2) is 19.2 Å². The summed E-state index contributed by atoms with van der Waals surface area (Å²) in [6.07, 6.45) is 17.0. The predicted molar refractivity (Wildman–Crippen MR) is 123 cm³/mol. The summed E-state index contributed by atoms with van der Waals surface area (Å²) in [7, 11) is 1.71. The summed E-state index contributed by atoms with van der Waals surface area (Å²) in [4.78, 5) is 23.4. The number of Topliss-reactive ketones (excluding diaryl/α,β-unsaturated/α-hetero) is 1. The highest BCUT2D eigenvalue weighted by atomic mass is 16.5. The maximum Gasteiger partial charge on any atom is 0.162 e. The summed E-state index contributed by atoms with van der Waals surface area (Å²) in [5.74, 6) is 1.42. The molecule has 1 unspecified atom stereocenters. The van der Waals surface area contributed by atoms with Gasteiger partial charge in [-0.1, -0.05) is 80.2 Å². The van der Waals surface area contributed by atoms with E-state index < -0.39 is 0 Å². The van der Waals surface area contributed by atoms with Gasteiger partial charge < -0.3 is 9.53 Å². The van der Waals surface area contributed by atoms with Crippen LogP contribution in [0.2, 0.25) is 0 Å². The van der Waals surface area contributed by atoms with E-state index in [1.807, 2.05) is 42.5 Å². The quantitative estimate of drug-likeness (QED) is 0.189. The van der Waals surface area contributed by atoms with Gasteiger partial charge in [-0.3, -0.25) is 4.79 Å². The molecule has 0 fully saturated rings. The van der Waals surface area contributed by atoms with Crippen molar-refractivity contribution in [1.82, 2.24) is 0 Å². The lowest BCUT2D eigenvalue weighted by Crippen LogP contribution is -2.09. The molecule has 162 valence electrons. The van der Waals surface area contributed by atoms with Crippen LogP contribution in [0, 0.1) is 5.92 Å². The summed E-state index contributed by atoms with van der Waals surface area (Å²) in [6, 6.07) is 9.56. The third-order valence-electron chi connectivity index (χ3n) is 5.81. The Balaban J connectivity index is 1.68. The van der Waals surface area contributed by atoms with Crippen LogP contribution in [-0.2, 0) is 9.53 Å². The predicted octanol–water partition coefficient (Wildman–Crippen LogP) is 7.00. The van der Waals surface area contributed by atoms with E-state index in [-0.39, 0.29) is 11.7 Å². The Bertz CT molecular complexity index is 756. The van der Waals surface area contributed by atoms with E-state index in [0.717, 1.165) is 56.1 Å². The van der Waals surface area contributed by atoms with Crippen molar-refractivity contribution in [3.05, 3.63) is 71.0 Å². The van der Waals surface area contributed by atoms with Crippen molar-refractivity contribution in [2.75, 3.05) is 7.11 Å². The second kappa shape index (κ2) is 13.7. The van der Waals surface area contributed by atoms with E-state index in [1.165, 1.54) is 24.0 Å². The second-order valence-electron chi connectivity index (χ2n) is 8.19. The molecule has 2 rings (SSSR count). The fourth-order valence-electron chi connectivity index (χ4n) is 4.10. The van der Waals surface area contributed by atoms with Crippen LogP contribution < -0.4 is 0 Å². The molecule has 0 aromatic heterocycles. The highest BCUT2D eigenvalue weighted by Crippen LogP contribution is 2.32. The minimum absolute atomic E-state index is 0.247. The van der Waals surface area contributed by atoms with Crippen molar-refractivity contribution >= 4 is 12.1 Å². The van der Waals surface area contributed by atoms with E-state index in [9.17, 15) is 9.59 Å². The number of rotatable bonds is 14. The summed E-state index contributed by atoms with van der Waals surface area (Å²) >= 11 is 0. The van der Waals surface area contributed by atoms with Crippen LogP contribution in [0.25, 0.3) is 0 Å². The number of hydrogen-bond acceptors (Lipinski definition) is 3. The summed E-state index contributed by atoms with van der Waals surface area (Å²) in [6.45, 7) is 2.13. The first-order chi connectivity index (χ1) is 14.7. The highest BCUT2D eigenvalue weighted by molar-refractivity contribution is 5.95. The van der Waals surface area contributed by atoms with Gasteiger partial charge in [-0.25, -0.2) is 0 Å². The second-order valence-corrected chi connectivity index (χ2v) is 8.19. The first-order valence-electron chi connectivity index (χ1n) is 11.3. The number of unbranched alkanes of at least 4 members (excludes halogenated alkanes) is 5. The van der Waals surface area contributed by atoms with Crippen molar-refractivity contribution < 1.29 is 14.3 Å². The molecule has 0 bridgehead atoms. The Morgan fingerprint density at radius 1 is 1.07 bits per heavy atom. The first-order valence-corrected chi connectivity index (χ1v) is 11.3. The zero-order valence-electron chi connectivity index (χ0n) is 18.6. The van der Waals surface area contributed by atoms with Crippen LogP contribution in [0.15, 0.2) is 65.5 Å². The van der Waals surface area contributed by atoms with Gasteiger partial charge in [-0.15, -0.1) is 0 Å². The molecular formula is C27H36O3. The number of carbonyl (C=O) groups is 2. The van der Waals surface area contributed by atoms with Gasteiger partial charge in [0.15, 0.2) is 5.78 Å². The average Bonchev–Trinajstić information content (AvgIpc) is 2.96. The number of carbonyl (C=O) groups excluding carboxylic acids is 2. The normalized spacial score (nSPS) is 14.8. The maximum absolute atomic E-state index is 12.1. The fourth-order valence-corrected chi connectivity index (χ4v) is 4.10. The highest BCUT2D eigenvalue weighted by Gasteiger charge is 2.19. The van der Waals surface area contributed by atoms with E-state index >= 15 is 0 Å². The van der Waals surface area contributed by atoms with E-state index in [1.54, 1.807) is 7.11 Å². The van der Waals surface area contributed by atoms with Gasteiger partial charge in [0.1, 0.15) is 12.0 Å². The number of ketones is 1. The van der Waals surface area contributed by atoms with Crippen molar-refractivity contribution in [2.24, 2.45) is 5.92 Å². The van der Waals surface area contributed by atoms with Crippen LogP contribution in [0.4, 0.5) is 0 Å². The van der Waals surface area contributed by atoms with Crippen molar-refractivity contribution in [3.8, 4) is 0 Å². The number of aldehydes is 1. The molecule has 0 spiro atoms. The molecule has 1 aromatic carbocycles. The van der Waals surface area contributed by atoms with Gasteiger partial charge in [-0.05, 0) is 43.8 Å². The minimum atomic E-state index is 0.247. The van der Waals surface area contributed by atoms with Crippen molar-refractivity contribution in [1.29, 1.82) is 0 Å². The molecule has 0 aliphatic heterocycles. The van der Waals surface area contributed by atoms with Gasteiger partial charge >= 0.3 is 0 Å². The number of hydrogen-bond donors (Lipinski definition) is 0. The lowest BCUT2D eigenvalue weighted by atomic mass is 9.86. The molecule has 3 nitrogen and oxygen atoms in total.